The molecular weight excluding hydrogens is 214 g/mol. The van der Waals surface area contributed by atoms with Crippen molar-refractivity contribution in [1.29, 1.82) is 0 Å². The topological polar surface area (TPSA) is 63.2 Å². The number of hydrogen-bond acceptors (Lipinski definition) is 3. The highest BCUT2D eigenvalue weighted by atomic mass is 32.2. The van der Waals surface area contributed by atoms with Gasteiger partial charge in [-0.15, -0.1) is 6.58 Å². The molecule has 5 heteroatoms. The van der Waals surface area contributed by atoms with Gasteiger partial charge in [-0.1, -0.05) is 26.8 Å². The summed E-state index contributed by atoms with van der Waals surface area (Å²) in [4.78, 5) is 11.7. The summed E-state index contributed by atoms with van der Waals surface area (Å²) in [6.07, 6.45) is 3.36. The van der Waals surface area contributed by atoms with Crippen molar-refractivity contribution in [3.05, 3.63) is 12.7 Å². The average molecular weight is 233 g/mol. The third-order valence-corrected chi connectivity index (χ3v) is 3.17. The van der Waals surface area contributed by atoms with Gasteiger partial charge in [0.2, 0.25) is 15.9 Å². The summed E-state index contributed by atoms with van der Waals surface area (Å²) in [6, 6.07) is 0. The molecule has 0 saturated heterocycles. The van der Waals surface area contributed by atoms with Crippen molar-refractivity contribution < 1.29 is 13.2 Å². The van der Waals surface area contributed by atoms with Crippen LogP contribution < -0.4 is 4.72 Å². The molecule has 0 bridgehead atoms. The van der Waals surface area contributed by atoms with Crippen LogP contribution in [0.2, 0.25) is 0 Å². The Labute approximate surface area is 91.8 Å². The lowest BCUT2D eigenvalue weighted by Crippen LogP contribution is -2.43. The van der Waals surface area contributed by atoms with Gasteiger partial charge in [0.05, 0.1) is 6.26 Å². The molecule has 0 rings (SSSR count). The van der Waals surface area contributed by atoms with Crippen LogP contribution >= 0.6 is 0 Å². The van der Waals surface area contributed by atoms with E-state index in [1.165, 1.54) is 0 Å². The van der Waals surface area contributed by atoms with E-state index in [0.717, 1.165) is 6.26 Å². The molecule has 0 fully saturated rings. The quantitative estimate of drug-likeness (QED) is 0.728. The van der Waals surface area contributed by atoms with Gasteiger partial charge in [0, 0.05) is 5.41 Å². The third-order valence-electron chi connectivity index (χ3n) is 2.62. The number of amides is 1. The maximum Gasteiger partial charge on any atom is 0.239 e. The number of sulfonamides is 1. The molecule has 0 aromatic heterocycles. The highest BCUT2D eigenvalue weighted by Gasteiger charge is 2.34. The number of allylic oxidation sites excluding steroid dienone is 1. The lowest BCUT2D eigenvalue weighted by Gasteiger charge is -2.29. The van der Waals surface area contributed by atoms with Gasteiger partial charge in [0.1, 0.15) is 0 Å². The number of nitrogens with one attached hydrogen (secondary N) is 1. The van der Waals surface area contributed by atoms with Gasteiger partial charge in [0.25, 0.3) is 0 Å². The molecule has 0 aromatic carbocycles. The Kier molecular flexibility index (Phi) is 4.52. The molecule has 0 spiro atoms. The Morgan fingerprint density at radius 1 is 1.53 bits per heavy atom. The van der Waals surface area contributed by atoms with E-state index in [0.29, 0.717) is 6.42 Å². The largest absolute Gasteiger partial charge is 0.273 e. The molecule has 15 heavy (non-hydrogen) atoms. The first-order chi connectivity index (χ1) is 6.61. The van der Waals surface area contributed by atoms with Crippen LogP contribution in [0.3, 0.4) is 0 Å². The molecular formula is C10H19NO3S. The fourth-order valence-electron chi connectivity index (χ4n) is 1.07. The van der Waals surface area contributed by atoms with Crippen LogP contribution in [-0.4, -0.2) is 20.6 Å². The van der Waals surface area contributed by atoms with E-state index < -0.39 is 21.3 Å². The normalized spacial score (nSPS) is 14.4. The summed E-state index contributed by atoms with van der Waals surface area (Å²) in [5, 5.41) is 0. The van der Waals surface area contributed by atoms with Gasteiger partial charge in [0.15, 0.2) is 0 Å². The fraction of sp³-hybridized carbons (Fsp3) is 0.700. The Balaban J connectivity index is 4.72. The second-order valence-electron chi connectivity index (χ2n) is 4.35. The molecule has 0 aliphatic heterocycles. The lowest BCUT2D eigenvalue weighted by molar-refractivity contribution is -0.129. The van der Waals surface area contributed by atoms with Crippen LogP contribution in [0.1, 0.15) is 27.2 Å². The first-order valence-electron chi connectivity index (χ1n) is 4.74. The Morgan fingerprint density at radius 3 is 2.33 bits per heavy atom. The molecule has 1 atom stereocenters. The third kappa shape index (κ3) is 4.46. The second kappa shape index (κ2) is 4.79. The van der Waals surface area contributed by atoms with Crippen molar-refractivity contribution in [1.82, 2.24) is 4.72 Å². The molecule has 0 unspecified atom stereocenters. The number of rotatable bonds is 5. The molecule has 1 N–H and O–H groups in total. The summed E-state index contributed by atoms with van der Waals surface area (Å²) in [6.45, 7) is 8.94. The first kappa shape index (κ1) is 14.2. The van der Waals surface area contributed by atoms with Crippen LogP contribution in [0.25, 0.3) is 0 Å². The van der Waals surface area contributed by atoms with Gasteiger partial charge in [-0.2, -0.15) is 0 Å². The summed E-state index contributed by atoms with van der Waals surface area (Å²) in [5.41, 5.74) is -0.725. The minimum Gasteiger partial charge on any atom is -0.273 e. The molecule has 88 valence electrons. The van der Waals surface area contributed by atoms with E-state index in [9.17, 15) is 13.2 Å². The average Bonchev–Trinajstić information content (AvgIpc) is 2.01. The van der Waals surface area contributed by atoms with Crippen LogP contribution in [0.4, 0.5) is 0 Å². The molecule has 0 aliphatic carbocycles. The minimum atomic E-state index is -3.48. The Hall–Kier alpha value is -0.840. The molecule has 0 radical (unpaired) electrons. The molecule has 0 aromatic rings. The van der Waals surface area contributed by atoms with E-state index in [2.05, 4.69) is 6.58 Å². The first-order valence-corrected chi connectivity index (χ1v) is 6.63. The summed E-state index contributed by atoms with van der Waals surface area (Å²) in [5.74, 6) is -0.434. The zero-order valence-corrected chi connectivity index (χ0v) is 10.5. The molecule has 0 saturated carbocycles. The van der Waals surface area contributed by atoms with Crippen molar-refractivity contribution in [3.8, 4) is 0 Å². The van der Waals surface area contributed by atoms with Crippen LogP contribution in [0.5, 0.6) is 0 Å². The number of carbonyl (C=O) groups is 1. The molecule has 1 amide bonds. The summed E-state index contributed by atoms with van der Waals surface area (Å²) < 4.78 is 23.8. The highest BCUT2D eigenvalue weighted by Crippen LogP contribution is 2.29. The smallest absolute Gasteiger partial charge is 0.239 e. The van der Waals surface area contributed by atoms with Crippen molar-refractivity contribution in [3.63, 3.8) is 0 Å². The zero-order valence-electron chi connectivity index (χ0n) is 9.70. The minimum absolute atomic E-state index is 0.0387. The van der Waals surface area contributed by atoms with E-state index in [1.54, 1.807) is 19.9 Å². The predicted molar refractivity (Wildman–Crippen MR) is 60.7 cm³/mol. The van der Waals surface area contributed by atoms with E-state index in [-0.39, 0.29) is 5.92 Å². The maximum atomic E-state index is 11.7. The van der Waals surface area contributed by atoms with Crippen molar-refractivity contribution >= 4 is 15.9 Å². The van der Waals surface area contributed by atoms with Gasteiger partial charge >= 0.3 is 0 Å². The lowest BCUT2D eigenvalue weighted by atomic mass is 9.77. The standard InChI is InChI=1S/C10H19NO3S/c1-6-7-8(2)10(3,4)9(12)11-15(5,13)14/h6,8H,1,7H2,2-5H3,(H,11,12)/t8-/m1/s1. The summed E-state index contributed by atoms with van der Waals surface area (Å²) in [7, 11) is -3.48. The van der Waals surface area contributed by atoms with Crippen LogP contribution in [0, 0.1) is 11.3 Å². The van der Waals surface area contributed by atoms with Gasteiger partial charge in [-0.25, -0.2) is 8.42 Å². The number of carbonyl (C=O) groups excluding carboxylic acids is 1. The Morgan fingerprint density at radius 2 is 2.00 bits per heavy atom. The van der Waals surface area contributed by atoms with Crippen molar-refractivity contribution in [2.24, 2.45) is 11.3 Å². The van der Waals surface area contributed by atoms with Crippen molar-refractivity contribution in [2.45, 2.75) is 27.2 Å². The number of hydrogen-bond donors (Lipinski definition) is 1. The highest BCUT2D eigenvalue weighted by molar-refractivity contribution is 7.89. The maximum absolute atomic E-state index is 11.7. The zero-order chi connectivity index (χ0) is 12.3. The molecule has 4 nitrogen and oxygen atoms in total. The van der Waals surface area contributed by atoms with Gasteiger partial charge in [-0.05, 0) is 12.3 Å². The fourth-order valence-corrected chi connectivity index (χ4v) is 1.67. The SMILES string of the molecule is C=CC[C@@H](C)C(C)(C)C(=O)NS(C)(=O)=O. The predicted octanol–water partition coefficient (Wildman–Crippen LogP) is 1.30. The van der Waals surface area contributed by atoms with Gasteiger partial charge in [-0.3, -0.25) is 9.52 Å². The molecule has 0 heterocycles. The summed E-state index contributed by atoms with van der Waals surface area (Å²) >= 11 is 0. The van der Waals surface area contributed by atoms with Crippen molar-refractivity contribution in [2.75, 3.05) is 6.26 Å². The van der Waals surface area contributed by atoms with E-state index in [1.807, 2.05) is 11.6 Å². The second-order valence-corrected chi connectivity index (χ2v) is 6.10. The van der Waals surface area contributed by atoms with Gasteiger partial charge < -0.3 is 0 Å². The Bertz CT molecular complexity index is 344. The van der Waals surface area contributed by atoms with Crippen LogP contribution in [-0.2, 0) is 14.8 Å². The van der Waals surface area contributed by atoms with E-state index >= 15 is 0 Å². The van der Waals surface area contributed by atoms with E-state index in [4.69, 9.17) is 0 Å². The molecule has 0 aliphatic rings. The monoisotopic (exact) mass is 233 g/mol. The van der Waals surface area contributed by atoms with Crippen LogP contribution in [0.15, 0.2) is 12.7 Å².